The number of para-hydroxylation sites is 1. The lowest BCUT2D eigenvalue weighted by Crippen LogP contribution is -1.97. The van der Waals surface area contributed by atoms with E-state index in [0.29, 0.717) is 27.0 Å². The van der Waals surface area contributed by atoms with E-state index in [9.17, 15) is 9.90 Å². The van der Waals surface area contributed by atoms with Crippen molar-refractivity contribution in [2.75, 3.05) is 0 Å². The highest BCUT2D eigenvalue weighted by Crippen LogP contribution is 2.32. The van der Waals surface area contributed by atoms with Gasteiger partial charge in [0.25, 0.3) is 0 Å². The molecule has 6 nitrogen and oxygen atoms in total. The van der Waals surface area contributed by atoms with Crippen LogP contribution >= 0.6 is 22.9 Å². The topological polar surface area (TPSA) is 80.9 Å². The second-order valence-electron chi connectivity index (χ2n) is 6.16. The first-order valence-corrected chi connectivity index (χ1v) is 9.64. The van der Waals surface area contributed by atoms with E-state index in [2.05, 4.69) is 15.2 Å². The molecule has 28 heavy (non-hydrogen) atoms. The molecule has 4 rings (SSSR count). The number of fused-ring (bicyclic) bond motifs is 1. The van der Waals surface area contributed by atoms with Crippen LogP contribution in [-0.4, -0.2) is 31.1 Å². The Hall–Kier alpha value is -3.03. The van der Waals surface area contributed by atoms with E-state index < -0.39 is 5.97 Å². The zero-order valence-electron chi connectivity index (χ0n) is 14.8. The molecule has 2 aromatic carbocycles. The molecule has 140 valence electrons. The van der Waals surface area contributed by atoms with E-state index in [-0.39, 0.29) is 6.42 Å². The predicted molar refractivity (Wildman–Crippen MR) is 111 cm³/mol. The highest BCUT2D eigenvalue weighted by atomic mass is 35.5. The van der Waals surface area contributed by atoms with Crippen molar-refractivity contribution in [3.63, 3.8) is 0 Å². The van der Waals surface area contributed by atoms with Crippen LogP contribution < -0.4 is 0 Å². The quantitative estimate of drug-likeness (QED) is 0.513. The standard InChI is InChI=1S/C20H15ClN4O2S/c1-25-23-16(19(24-25)12-6-8-14(21)9-7-12)10-13(11-18(26)27)20-22-15-4-2-3-5-17(15)28-20/h2-10H,11H2,1H3,(H,26,27)/b13-10+. The van der Waals surface area contributed by atoms with Crippen LogP contribution in [0.25, 0.3) is 33.1 Å². The number of thiazole rings is 1. The Bertz CT molecular complexity index is 1160. The summed E-state index contributed by atoms with van der Waals surface area (Å²) in [6.07, 6.45) is 1.60. The number of nitrogens with zero attached hydrogens (tertiary/aromatic N) is 4. The lowest BCUT2D eigenvalue weighted by molar-refractivity contribution is -0.135. The molecular formula is C20H15ClN4O2S. The van der Waals surface area contributed by atoms with Gasteiger partial charge in [0.1, 0.15) is 16.4 Å². The zero-order chi connectivity index (χ0) is 19.7. The number of carboxylic acids is 1. The normalized spacial score (nSPS) is 11.9. The predicted octanol–water partition coefficient (Wildman–Crippen LogP) is 4.76. The molecule has 0 fully saturated rings. The number of aryl methyl sites for hydroxylation is 1. The molecule has 4 aromatic rings. The molecule has 0 aliphatic rings. The Morgan fingerprint density at radius 1 is 1.18 bits per heavy atom. The number of aromatic nitrogens is 4. The number of carboxylic acid groups (broad SMARTS) is 1. The molecule has 8 heteroatoms. The molecule has 2 aromatic heterocycles. The summed E-state index contributed by atoms with van der Waals surface area (Å²) >= 11 is 7.44. The Morgan fingerprint density at radius 2 is 1.93 bits per heavy atom. The van der Waals surface area contributed by atoms with Crippen LogP contribution in [0.15, 0.2) is 48.5 Å². The number of hydrogen-bond donors (Lipinski definition) is 1. The van der Waals surface area contributed by atoms with Crippen LogP contribution in [0, 0.1) is 0 Å². The summed E-state index contributed by atoms with van der Waals surface area (Å²) in [7, 11) is 1.73. The van der Waals surface area contributed by atoms with Crippen LogP contribution in [0.5, 0.6) is 0 Å². The second-order valence-corrected chi connectivity index (χ2v) is 7.62. The third kappa shape index (κ3) is 3.81. The van der Waals surface area contributed by atoms with Crippen molar-refractivity contribution in [2.45, 2.75) is 6.42 Å². The Kier molecular flexibility index (Phi) is 4.93. The Balaban J connectivity index is 1.83. The summed E-state index contributed by atoms with van der Waals surface area (Å²) in [5.74, 6) is -0.928. The molecule has 1 N–H and O–H groups in total. The van der Waals surface area contributed by atoms with Gasteiger partial charge in [-0.2, -0.15) is 15.0 Å². The van der Waals surface area contributed by atoms with Crippen molar-refractivity contribution in [3.8, 4) is 11.3 Å². The van der Waals surface area contributed by atoms with Crippen LogP contribution in [0.1, 0.15) is 17.1 Å². The fourth-order valence-electron chi connectivity index (χ4n) is 2.86. The van der Waals surface area contributed by atoms with Gasteiger partial charge in [-0.1, -0.05) is 35.9 Å². The summed E-state index contributed by atoms with van der Waals surface area (Å²) in [6.45, 7) is 0. The minimum absolute atomic E-state index is 0.156. The van der Waals surface area contributed by atoms with Crippen molar-refractivity contribution in [3.05, 3.63) is 64.3 Å². The molecule has 0 aliphatic carbocycles. The van der Waals surface area contributed by atoms with Crippen LogP contribution in [0.2, 0.25) is 5.02 Å². The minimum Gasteiger partial charge on any atom is -0.481 e. The molecule has 0 bridgehead atoms. The van der Waals surface area contributed by atoms with Crippen molar-refractivity contribution in [1.29, 1.82) is 0 Å². The lowest BCUT2D eigenvalue weighted by atomic mass is 10.1. The van der Waals surface area contributed by atoms with E-state index >= 15 is 0 Å². The third-order valence-corrected chi connectivity index (χ3v) is 5.44. The monoisotopic (exact) mass is 410 g/mol. The summed E-state index contributed by atoms with van der Waals surface area (Å²) < 4.78 is 1.01. The van der Waals surface area contributed by atoms with Gasteiger partial charge in [0.2, 0.25) is 0 Å². The maximum Gasteiger partial charge on any atom is 0.307 e. The van der Waals surface area contributed by atoms with Crippen LogP contribution in [0.4, 0.5) is 0 Å². The first kappa shape index (κ1) is 18.3. The third-order valence-electron chi connectivity index (χ3n) is 4.08. The molecule has 2 heterocycles. The molecule has 0 aliphatic heterocycles. The molecule has 0 spiro atoms. The van der Waals surface area contributed by atoms with Gasteiger partial charge >= 0.3 is 5.97 Å². The molecule has 0 amide bonds. The molecule has 0 atom stereocenters. The lowest BCUT2D eigenvalue weighted by Gasteiger charge is -2.02. The van der Waals surface area contributed by atoms with Gasteiger partial charge in [0.15, 0.2) is 0 Å². The van der Waals surface area contributed by atoms with Gasteiger partial charge in [-0.05, 0) is 30.3 Å². The second kappa shape index (κ2) is 7.53. The van der Waals surface area contributed by atoms with Crippen molar-refractivity contribution in [2.24, 2.45) is 7.05 Å². The molecule has 0 unspecified atom stereocenters. The summed E-state index contributed by atoms with van der Waals surface area (Å²) in [4.78, 5) is 17.5. The molecule has 0 saturated carbocycles. The first-order valence-electron chi connectivity index (χ1n) is 8.45. The Morgan fingerprint density at radius 3 is 2.64 bits per heavy atom. The number of halogens is 1. The van der Waals surface area contributed by atoms with Crippen molar-refractivity contribution >= 4 is 50.8 Å². The van der Waals surface area contributed by atoms with E-state index in [0.717, 1.165) is 15.8 Å². The van der Waals surface area contributed by atoms with Crippen molar-refractivity contribution in [1.82, 2.24) is 20.0 Å². The van der Waals surface area contributed by atoms with E-state index in [1.54, 1.807) is 25.3 Å². The van der Waals surface area contributed by atoms with Gasteiger partial charge in [-0.25, -0.2) is 4.98 Å². The van der Waals surface area contributed by atoms with Gasteiger partial charge in [0, 0.05) is 23.2 Å². The van der Waals surface area contributed by atoms with Crippen molar-refractivity contribution < 1.29 is 9.90 Å². The number of benzene rings is 2. The average molecular weight is 411 g/mol. The highest BCUT2D eigenvalue weighted by Gasteiger charge is 2.16. The number of aliphatic carboxylic acids is 1. The maximum atomic E-state index is 11.5. The van der Waals surface area contributed by atoms with Gasteiger partial charge < -0.3 is 5.11 Å². The largest absolute Gasteiger partial charge is 0.481 e. The SMILES string of the molecule is Cn1nc(/C=C(\CC(=O)O)c2nc3ccccc3s2)c(-c2ccc(Cl)cc2)n1. The Labute approximate surface area is 169 Å². The fraction of sp³-hybridized carbons (Fsp3) is 0.100. The van der Waals surface area contributed by atoms with E-state index in [4.69, 9.17) is 11.6 Å². The smallest absolute Gasteiger partial charge is 0.307 e. The molecule has 0 saturated heterocycles. The molecular weight excluding hydrogens is 396 g/mol. The molecule has 0 radical (unpaired) electrons. The van der Waals surface area contributed by atoms with Gasteiger partial charge in [-0.3, -0.25) is 4.79 Å². The summed E-state index contributed by atoms with van der Waals surface area (Å²) in [5, 5.41) is 19.5. The van der Waals surface area contributed by atoms with E-state index in [1.807, 2.05) is 36.4 Å². The highest BCUT2D eigenvalue weighted by molar-refractivity contribution is 7.19. The summed E-state index contributed by atoms with van der Waals surface area (Å²) in [6, 6.07) is 15.0. The average Bonchev–Trinajstić information content (AvgIpc) is 3.25. The maximum absolute atomic E-state index is 11.5. The summed E-state index contributed by atoms with van der Waals surface area (Å²) in [5.41, 5.74) is 3.52. The van der Waals surface area contributed by atoms with Gasteiger partial charge in [0.05, 0.1) is 16.6 Å². The number of rotatable bonds is 5. The van der Waals surface area contributed by atoms with Gasteiger partial charge in [-0.15, -0.1) is 11.3 Å². The van der Waals surface area contributed by atoms with Crippen LogP contribution in [0.3, 0.4) is 0 Å². The van der Waals surface area contributed by atoms with E-state index in [1.165, 1.54) is 16.1 Å². The zero-order valence-corrected chi connectivity index (χ0v) is 16.4. The van der Waals surface area contributed by atoms with Crippen LogP contribution in [-0.2, 0) is 11.8 Å². The minimum atomic E-state index is -0.928. The first-order chi connectivity index (χ1) is 13.5. The number of hydrogen-bond acceptors (Lipinski definition) is 5. The fourth-order valence-corrected chi connectivity index (χ4v) is 3.96. The number of carbonyl (C=O) groups is 1.